The molecule has 0 aliphatic carbocycles. The number of rotatable bonds is 5. The summed E-state index contributed by atoms with van der Waals surface area (Å²) in [5.41, 5.74) is 5.08. The first-order valence-corrected chi connectivity index (χ1v) is 7.26. The van der Waals surface area contributed by atoms with Crippen LogP contribution in [0.25, 0.3) is 0 Å². The summed E-state index contributed by atoms with van der Waals surface area (Å²) in [5.74, 6) is 0. The zero-order valence-electron chi connectivity index (χ0n) is 12.9. The second-order valence-electron chi connectivity index (χ2n) is 5.22. The number of para-hydroxylation sites is 1. The molecule has 1 unspecified atom stereocenters. The second-order valence-corrected chi connectivity index (χ2v) is 5.22. The lowest BCUT2D eigenvalue weighted by molar-refractivity contribution is 0.598. The summed E-state index contributed by atoms with van der Waals surface area (Å²) in [5, 5.41) is 3.44. The van der Waals surface area contributed by atoms with Crippen molar-refractivity contribution >= 4 is 11.4 Å². The molecule has 106 valence electrons. The van der Waals surface area contributed by atoms with Crippen molar-refractivity contribution in [1.82, 2.24) is 5.32 Å². The summed E-state index contributed by atoms with van der Waals surface area (Å²) in [6, 6.07) is 17.7. The predicted octanol–water partition coefficient (Wildman–Crippen LogP) is 4.43. The Balaban J connectivity index is 2.20. The third-order valence-electron chi connectivity index (χ3n) is 3.77. The van der Waals surface area contributed by atoms with E-state index in [4.69, 9.17) is 0 Å². The standard InChI is InChI=1S/C18H24N2/c1-5-19-15(3)16-10-12-17(13-11-16)20(4)18-9-7-6-8-14(18)2/h6-13,15,19H,5H2,1-4H3. The molecule has 0 saturated carbocycles. The molecule has 0 amide bonds. The number of anilines is 2. The monoisotopic (exact) mass is 268 g/mol. The third-order valence-corrected chi connectivity index (χ3v) is 3.77. The molecule has 0 bridgehead atoms. The maximum Gasteiger partial charge on any atom is 0.0437 e. The minimum atomic E-state index is 0.401. The van der Waals surface area contributed by atoms with Crippen LogP contribution in [0.15, 0.2) is 48.5 Å². The minimum Gasteiger partial charge on any atom is -0.344 e. The topological polar surface area (TPSA) is 15.3 Å². The van der Waals surface area contributed by atoms with Gasteiger partial charge in [-0.15, -0.1) is 0 Å². The van der Waals surface area contributed by atoms with Gasteiger partial charge in [-0.3, -0.25) is 0 Å². The fourth-order valence-corrected chi connectivity index (χ4v) is 2.49. The van der Waals surface area contributed by atoms with E-state index >= 15 is 0 Å². The van der Waals surface area contributed by atoms with Crippen molar-refractivity contribution in [2.75, 3.05) is 18.5 Å². The lowest BCUT2D eigenvalue weighted by Crippen LogP contribution is -2.17. The number of hydrogen-bond donors (Lipinski definition) is 1. The zero-order valence-corrected chi connectivity index (χ0v) is 12.9. The quantitative estimate of drug-likeness (QED) is 0.862. The van der Waals surface area contributed by atoms with Crippen LogP contribution in [0.2, 0.25) is 0 Å². The number of hydrogen-bond acceptors (Lipinski definition) is 2. The molecule has 2 nitrogen and oxygen atoms in total. The van der Waals surface area contributed by atoms with Crippen LogP contribution in [0.3, 0.4) is 0 Å². The summed E-state index contributed by atoms with van der Waals surface area (Å²) in [6.07, 6.45) is 0. The summed E-state index contributed by atoms with van der Waals surface area (Å²) in [4.78, 5) is 2.23. The Labute approximate surface area is 122 Å². The van der Waals surface area contributed by atoms with Crippen LogP contribution in [0.1, 0.15) is 31.0 Å². The minimum absolute atomic E-state index is 0.401. The van der Waals surface area contributed by atoms with E-state index in [0.717, 1.165) is 6.54 Å². The molecule has 0 saturated heterocycles. The van der Waals surface area contributed by atoms with E-state index in [2.05, 4.69) is 86.6 Å². The highest BCUT2D eigenvalue weighted by Gasteiger charge is 2.08. The zero-order chi connectivity index (χ0) is 14.5. The first kappa shape index (κ1) is 14.6. The third kappa shape index (κ3) is 3.20. The van der Waals surface area contributed by atoms with Gasteiger partial charge in [0.25, 0.3) is 0 Å². The van der Waals surface area contributed by atoms with Crippen molar-refractivity contribution in [1.29, 1.82) is 0 Å². The molecule has 1 atom stereocenters. The average molecular weight is 268 g/mol. The van der Waals surface area contributed by atoms with Gasteiger partial charge >= 0.3 is 0 Å². The molecule has 0 heterocycles. The van der Waals surface area contributed by atoms with E-state index in [1.54, 1.807) is 0 Å². The Kier molecular flexibility index (Phi) is 4.80. The molecule has 0 aliphatic rings. The van der Waals surface area contributed by atoms with E-state index in [0.29, 0.717) is 6.04 Å². The molecule has 2 heteroatoms. The highest BCUT2D eigenvalue weighted by atomic mass is 15.1. The van der Waals surface area contributed by atoms with E-state index in [1.165, 1.54) is 22.5 Å². The first-order chi connectivity index (χ1) is 9.63. The molecule has 0 aliphatic heterocycles. The molecule has 0 fully saturated rings. The summed E-state index contributed by atoms with van der Waals surface area (Å²) >= 11 is 0. The number of nitrogens with one attached hydrogen (secondary N) is 1. The molecule has 0 radical (unpaired) electrons. The fraction of sp³-hybridized carbons (Fsp3) is 0.333. The second kappa shape index (κ2) is 6.58. The van der Waals surface area contributed by atoms with Gasteiger partial charge < -0.3 is 10.2 Å². The molecular weight excluding hydrogens is 244 g/mol. The van der Waals surface area contributed by atoms with Gasteiger partial charge in [0.15, 0.2) is 0 Å². The normalized spacial score (nSPS) is 12.2. The molecule has 2 aromatic rings. The van der Waals surface area contributed by atoms with Gasteiger partial charge in [-0.05, 0) is 49.7 Å². The maximum atomic E-state index is 3.44. The van der Waals surface area contributed by atoms with Gasteiger partial charge in [0.1, 0.15) is 0 Å². The van der Waals surface area contributed by atoms with Crippen LogP contribution >= 0.6 is 0 Å². The predicted molar refractivity (Wildman–Crippen MR) is 87.8 cm³/mol. The van der Waals surface area contributed by atoms with Crippen molar-refractivity contribution < 1.29 is 0 Å². The van der Waals surface area contributed by atoms with Crippen LogP contribution in [0, 0.1) is 6.92 Å². The fourth-order valence-electron chi connectivity index (χ4n) is 2.49. The van der Waals surface area contributed by atoms with Crippen molar-refractivity contribution in [3.8, 4) is 0 Å². The Hall–Kier alpha value is -1.80. The molecule has 0 spiro atoms. The Bertz CT molecular complexity index is 546. The molecule has 2 aromatic carbocycles. The van der Waals surface area contributed by atoms with Crippen LogP contribution in [0.4, 0.5) is 11.4 Å². The van der Waals surface area contributed by atoms with E-state index < -0.39 is 0 Å². The number of nitrogens with zero attached hydrogens (tertiary/aromatic N) is 1. The summed E-state index contributed by atoms with van der Waals surface area (Å²) in [7, 11) is 2.12. The highest BCUT2D eigenvalue weighted by molar-refractivity contribution is 5.65. The Morgan fingerprint density at radius 2 is 1.70 bits per heavy atom. The van der Waals surface area contributed by atoms with Crippen molar-refractivity contribution in [2.45, 2.75) is 26.8 Å². The molecule has 2 rings (SSSR count). The Morgan fingerprint density at radius 3 is 2.30 bits per heavy atom. The molecule has 1 N–H and O–H groups in total. The Morgan fingerprint density at radius 1 is 1.05 bits per heavy atom. The molecular formula is C18H24N2. The summed E-state index contributed by atoms with van der Waals surface area (Å²) < 4.78 is 0. The van der Waals surface area contributed by atoms with Crippen molar-refractivity contribution in [3.05, 3.63) is 59.7 Å². The van der Waals surface area contributed by atoms with Gasteiger partial charge in [-0.25, -0.2) is 0 Å². The van der Waals surface area contributed by atoms with Crippen molar-refractivity contribution in [2.24, 2.45) is 0 Å². The lowest BCUT2D eigenvalue weighted by Gasteiger charge is -2.22. The van der Waals surface area contributed by atoms with Crippen LogP contribution in [-0.2, 0) is 0 Å². The van der Waals surface area contributed by atoms with E-state index in [1.807, 2.05) is 0 Å². The maximum absolute atomic E-state index is 3.44. The lowest BCUT2D eigenvalue weighted by atomic mass is 10.1. The van der Waals surface area contributed by atoms with E-state index in [-0.39, 0.29) is 0 Å². The average Bonchev–Trinajstić information content (AvgIpc) is 2.47. The number of benzene rings is 2. The largest absolute Gasteiger partial charge is 0.344 e. The van der Waals surface area contributed by atoms with Crippen molar-refractivity contribution in [3.63, 3.8) is 0 Å². The van der Waals surface area contributed by atoms with Crippen LogP contribution < -0.4 is 10.2 Å². The van der Waals surface area contributed by atoms with Gasteiger partial charge in [0.2, 0.25) is 0 Å². The van der Waals surface area contributed by atoms with Crippen LogP contribution in [0.5, 0.6) is 0 Å². The highest BCUT2D eigenvalue weighted by Crippen LogP contribution is 2.27. The number of aryl methyl sites for hydroxylation is 1. The van der Waals surface area contributed by atoms with Crippen LogP contribution in [-0.4, -0.2) is 13.6 Å². The SMILES string of the molecule is CCNC(C)c1ccc(N(C)c2ccccc2C)cc1. The first-order valence-electron chi connectivity index (χ1n) is 7.26. The smallest absolute Gasteiger partial charge is 0.0437 e. The van der Waals surface area contributed by atoms with Gasteiger partial charge in [0, 0.05) is 24.5 Å². The van der Waals surface area contributed by atoms with Gasteiger partial charge in [0.05, 0.1) is 0 Å². The van der Waals surface area contributed by atoms with Gasteiger partial charge in [-0.1, -0.05) is 37.3 Å². The molecule has 0 aromatic heterocycles. The summed E-state index contributed by atoms with van der Waals surface area (Å²) in [6.45, 7) is 7.47. The van der Waals surface area contributed by atoms with Gasteiger partial charge in [-0.2, -0.15) is 0 Å². The van der Waals surface area contributed by atoms with E-state index in [9.17, 15) is 0 Å². The molecule has 20 heavy (non-hydrogen) atoms.